The maximum Gasteiger partial charge on any atom is 1.00 e. The summed E-state index contributed by atoms with van der Waals surface area (Å²) < 4.78 is 2.11. The van der Waals surface area contributed by atoms with Crippen LogP contribution in [0, 0.1) is 13.8 Å². The van der Waals surface area contributed by atoms with Gasteiger partial charge in [-0.25, -0.2) is 14.8 Å². The van der Waals surface area contributed by atoms with Crippen molar-refractivity contribution in [1.82, 2.24) is 9.97 Å². The van der Waals surface area contributed by atoms with E-state index >= 15 is 0 Å². The average molecular weight is 631 g/mol. The number of nitrogens with two attached hydrogens (primary N) is 1. The summed E-state index contributed by atoms with van der Waals surface area (Å²) in [6.45, 7) is 4.19. The summed E-state index contributed by atoms with van der Waals surface area (Å²) in [5.74, 6) is -4.88. The Kier molecular flexibility index (Phi) is 20.0. The molecule has 15 nitrogen and oxygen atoms in total. The Morgan fingerprint density at radius 3 is 1.95 bits per heavy atom. The van der Waals surface area contributed by atoms with Gasteiger partial charge in [0.15, 0.2) is 17.8 Å². The van der Waals surface area contributed by atoms with Crippen molar-refractivity contribution in [3.05, 3.63) is 39.4 Å². The summed E-state index contributed by atoms with van der Waals surface area (Å²) in [5, 5.41) is 50.3. The first-order valence-electron chi connectivity index (χ1n) is 10.1. The molecule has 2 aromatic heterocycles. The number of hydrogen-bond donors (Lipinski definition) is 7. The fourth-order valence-corrected chi connectivity index (χ4v) is 3.46. The molecule has 0 atom stereocenters. The van der Waals surface area contributed by atoms with E-state index in [1.807, 2.05) is 19.4 Å². The summed E-state index contributed by atoms with van der Waals surface area (Å²) in [6.07, 6.45) is 0.181. The van der Waals surface area contributed by atoms with Crippen LogP contribution in [-0.2, 0) is 49.2 Å². The standard InChI is InChI=1S/C12H17N4OS.C6H8O7.C2H4NO2.ClH.Cu/c1-8-11(3-4-17)18-7-16(8)6-10-5-14-9(2)15-12(10)13;7-3(8)1-6(13,5(11)12)2-4(9)10;3-1-2(4)5;;/h5,7,17H,3-4,6H2,1-2H3,(H2,13,14,15);13H,1-2H2,(H,7,8)(H,9,10)(H,11,12);3H,1H2,(H,4,5);1H;/q+1;;-1;;+1/p-1. The summed E-state index contributed by atoms with van der Waals surface area (Å²) in [5.41, 5.74) is 13.3. The number of rotatable bonds is 10. The number of anilines is 1. The summed E-state index contributed by atoms with van der Waals surface area (Å²) in [6, 6.07) is 0. The van der Waals surface area contributed by atoms with Gasteiger partial charge in [-0.05, 0) is 6.92 Å². The number of hydrogen-bond acceptors (Lipinski definition) is 10. The minimum atomic E-state index is -2.74. The van der Waals surface area contributed by atoms with E-state index in [9.17, 15) is 19.2 Å². The maximum absolute atomic E-state index is 10.3. The smallest absolute Gasteiger partial charge is 1.00 e. The van der Waals surface area contributed by atoms with E-state index in [1.54, 1.807) is 17.5 Å². The molecular weight excluding hydrogens is 601 g/mol. The van der Waals surface area contributed by atoms with Gasteiger partial charge in [0.25, 0.3) is 5.97 Å². The number of aliphatic carboxylic acids is 4. The first-order valence-corrected chi connectivity index (χ1v) is 11.0. The number of aromatic nitrogens is 3. The second-order valence-electron chi connectivity index (χ2n) is 7.21. The average Bonchev–Trinajstić information content (AvgIpc) is 3.09. The zero-order valence-electron chi connectivity index (χ0n) is 20.2. The van der Waals surface area contributed by atoms with Crippen LogP contribution in [0.25, 0.3) is 5.73 Å². The Morgan fingerprint density at radius 2 is 1.58 bits per heavy atom. The molecule has 2 aromatic rings. The van der Waals surface area contributed by atoms with Crippen molar-refractivity contribution in [2.45, 2.75) is 45.3 Å². The second kappa shape index (κ2) is 19.2. The molecule has 0 bridgehead atoms. The number of aryl methyl sites for hydroxylation is 1. The van der Waals surface area contributed by atoms with Gasteiger partial charge >= 0.3 is 35.0 Å². The maximum atomic E-state index is 10.3. The van der Waals surface area contributed by atoms with Crippen LogP contribution in [0.15, 0.2) is 11.7 Å². The van der Waals surface area contributed by atoms with Crippen LogP contribution in [0.5, 0.6) is 0 Å². The van der Waals surface area contributed by atoms with Crippen molar-refractivity contribution >= 4 is 41.0 Å². The van der Waals surface area contributed by atoms with E-state index in [0.29, 0.717) is 24.6 Å². The van der Waals surface area contributed by atoms with Gasteiger partial charge < -0.3 is 54.5 Å². The number of carboxylic acid groups (broad SMARTS) is 4. The summed E-state index contributed by atoms with van der Waals surface area (Å²) >= 11 is 1.65. The molecule has 218 valence electrons. The fraction of sp³-hybridized carbons (Fsp3) is 0.450. The second-order valence-corrected chi connectivity index (χ2v) is 8.15. The molecule has 9 N–H and O–H groups in total. The van der Waals surface area contributed by atoms with Crippen LogP contribution in [0.2, 0.25) is 0 Å². The van der Waals surface area contributed by atoms with E-state index in [1.165, 1.54) is 4.88 Å². The number of aliphatic hydroxyl groups excluding tert-OH is 1. The van der Waals surface area contributed by atoms with Crippen molar-refractivity contribution in [3.63, 3.8) is 0 Å². The number of halogens is 1. The normalized spacial score (nSPS) is 9.82. The molecule has 2 rings (SSSR count). The number of aliphatic hydroxyl groups is 2. The number of nitrogens with one attached hydrogen (secondary N) is 1. The minimum absolute atomic E-state index is 0. The quantitative estimate of drug-likeness (QED) is 0.0992. The van der Waals surface area contributed by atoms with E-state index in [0.717, 1.165) is 11.3 Å². The Hall–Kier alpha value is -2.92. The van der Waals surface area contributed by atoms with E-state index in [2.05, 4.69) is 14.5 Å². The molecule has 0 aromatic carbocycles. The zero-order valence-corrected chi connectivity index (χ0v) is 22.7. The number of carbonyl (C=O) groups is 4. The SMILES string of the molecule is Cc1ncc(C[n+]2csc(CCO)c2C)c(N)n1.O=C(O)CC(O)(CC(=O)O)C(=O)O.[Cl-].[Cu+].[NH-]CC(=O)O. The fourth-order valence-electron chi connectivity index (χ4n) is 2.48. The Balaban J connectivity index is -0.000000543. The Labute approximate surface area is 238 Å². The molecule has 0 saturated carbocycles. The number of carboxylic acids is 4. The van der Waals surface area contributed by atoms with E-state index in [4.69, 9.17) is 42.1 Å². The van der Waals surface area contributed by atoms with Gasteiger partial charge in [-0.15, -0.1) is 0 Å². The van der Waals surface area contributed by atoms with Crippen LogP contribution in [0.1, 0.15) is 34.8 Å². The van der Waals surface area contributed by atoms with Crippen molar-refractivity contribution < 1.29 is 83.9 Å². The molecule has 0 fully saturated rings. The van der Waals surface area contributed by atoms with E-state index in [-0.39, 0.29) is 36.1 Å². The van der Waals surface area contributed by atoms with Crippen molar-refractivity contribution in [2.24, 2.45) is 0 Å². The van der Waals surface area contributed by atoms with Gasteiger partial charge in [0, 0.05) is 26.1 Å². The van der Waals surface area contributed by atoms with Crippen LogP contribution >= 0.6 is 11.3 Å². The number of nitrogen functional groups attached to an aromatic ring is 1. The Morgan fingerprint density at radius 1 is 1.08 bits per heavy atom. The third kappa shape index (κ3) is 14.7. The molecule has 0 saturated heterocycles. The molecule has 0 aliphatic rings. The number of thiazole rings is 1. The van der Waals surface area contributed by atoms with Gasteiger partial charge in [0.1, 0.15) is 11.6 Å². The minimum Gasteiger partial charge on any atom is -1.00 e. The van der Waals surface area contributed by atoms with Gasteiger partial charge in [0.2, 0.25) is 5.51 Å². The molecule has 0 spiro atoms. The molecule has 0 aliphatic heterocycles. The summed E-state index contributed by atoms with van der Waals surface area (Å²) in [4.78, 5) is 49.2. The molecule has 0 amide bonds. The molecular formula is C20H29ClCuN5O10S. The topological polar surface area (TPSA) is 269 Å². The van der Waals surface area contributed by atoms with Gasteiger partial charge in [-0.1, -0.05) is 17.9 Å². The van der Waals surface area contributed by atoms with Crippen LogP contribution in [0.3, 0.4) is 0 Å². The molecule has 0 unspecified atom stereocenters. The largest absolute Gasteiger partial charge is 1.00 e. The van der Waals surface area contributed by atoms with Gasteiger partial charge in [-0.2, -0.15) is 4.57 Å². The molecule has 18 heteroatoms. The first kappa shape index (κ1) is 39.6. The van der Waals surface area contributed by atoms with Crippen LogP contribution in [0.4, 0.5) is 5.82 Å². The predicted molar refractivity (Wildman–Crippen MR) is 124 cm³/mol. The van der Waals surface area contributed by atoms with Gasteiger partial charge in [0.05, 0.1) is 23.3 Å². The van der Waals surface area contributed by atoms with Crippen molar-refractivity contribution in [3.8, 4) is 0 Å². The van der Waals surface area contributed by atoms with Crippen molar-refractivity contribution in [2.75, 3.05) is 18.9 Å². The monoisotopic (exact) mass is 629 g/mol. The van der Waals surface area contributed by atoms with Gasteiger partial charge in [-0.3, -0.25) is 14.4 Å². The van der Waals surface area contributed by atoms with Crippen LogP contribution in [-0.4, -0.2) is 83.2 Å². The zero-order chi connectivity index (χ0) is 28.1. The predicted octanol–water partition coefficient (Wildman–Crippen LogP) is -3.52. The third-order valence-electron chi connectivity index (χ3n) is 4.29. The molecule has 38 heavy (non-hydrogen) atoms. The first-order chi connectivity index (χ1) is 16.7. The Bertz CT molecular complexity index is 1060. The van der Waals surface area contributed by atoms with E-state index < -0.39 is 48.9 Å². The number of nitrogens with zero attached hydrogens (tertiary/aromatic N) is 3. The molecule has 0 radical (unpaired) electrons. The third-order valence-corrected chi connectivity index (χ3v) is 5.44. The molecule has 0 aliphatic carbocycles. The van der Waals surface area contributed by atoms with Crippen LogP contribution < -0.4 is 22.7 Å². The van der Waals surface area contributed by atoms with Crippen molar-refractivity contribution in [1.29, 1.82) is 0 Å². The summed E-state index contributed by atoms with van der Waals surface area (Å²) in [7, 11) is 0. The molecule has 2 heterocycles.